The fraction of sp³-hybridized carbons (Fsp3) is 0.632. The van der Waals surface area contributed by atoms with Crippen LogP contribution in [0.1, 0.15) is 25.3 Å². The predicted molar refractivity (Wildman–Crippen MR) is 96.0 cm³/mol. The summed E-state index contributed by atoms with van der Waals surface area (Å²) < 4.78 is 5.45. The Morgan fingerprint density at radius 1 is 1.33 bits per heavy atom. The number of carbonyl (C=O) groups is 1. The van der Waals surface area contributed by atoms with E-state index in [-0.39, 0.29) is 11.3 Å². The van der Waals surface area contributed by atoms with Gasteiger partial charge < -0.3 is 9.64 Å². The van der Waals surface area contributed by atoms with Crippen LogP contribution in [0.25, 0.3) is 0 Å². The Labute approximate surface area is 149 Å². The normalized spacial score (nSPS) is 23.8. The number of benzene rings is 1. The van der Waals surface area contributed by atoms with E-state index in [1.54, 1.807) is 14.0 Å². The second-order valence-electron chi connectivity index (χ2n) is 7.28. The van der Waals surface area contributed by atoms with Gasteiger partial charge in [0.05, 0.1) is 6.61 Å². The number of ether oxygens (including phenoxy) is 1. The second-order valence-corrected chi connectivity index (χ2v) is 7.69. The van der Waals surface area contributed by atoms with E-state index >= 15 is 0 Å². The smallest absolute Gasteiger partial charge is 0.219 e. The third-order valence-electron chi connectivity index (χ3n) is 5.83. The molecule has 2 aliphatic heterocycles. The summed E-state index contributed by atoms with van der Waals surface area (Å²) in [7, 11) is 1.76. The molecule has 0 bridgehead atoms. The first-order chi connectivity index (χ1) is 11.5. The summed E-state index contributed by atoms with van der Waals surface area (Å²) >= 11 is 6.30. The minimum Gasteiger partial charge on any atom is -0.384 e. The summed E-state index contributed by atoms with van der Waals surface area (Å²) in [6, 6.07) is 8.08. The minimum atomic E-state index is 0.187. The van der Waals surface area contributed by atoms with Crippen LogP contribution in [0.4, 0.5) is 0 Å². The third kappa shape index (κ3) is 3.61. The maximum absolute atomic E-state index is 11.8. The quantitative estimate of drug-likeness (QED) is 0.836. The molecule has 4 nitrogen and oxygen atoms in total. The molecule has 2 fully saturated rings. The molecular formula is C19H27ClN2O2. The summed E-state index contributed by atoms with van der Waals surface area (Å²) in [5.74, 6) is 0.639. The second kappa shape index (κ2) is 7.42. The molecule has 2 saturated heterocycles. The van der Waals surface area contributed by atoms with Gasteiger partial charge in [-0.1, -0.05) is 29.8 Å². The molecule has 1 atom stereocenters. The van der Waals surface area contributed by atoms with Crippen LogP contribution in [0.5, 0.6) is 0 Å². The van der Waals surface area contributed by atoms with Gasteiger partial charge >= 0.3 is 0 Å². The molecular weight excluding hydrogens is 324 g/mol. The summed E-state index contributed by atoms with van der Waals surface area (Å²) in [5, 5.41) is 0.846. The van der Waals surface area contributed by atoms with Crippen LogP contribution in [-0.2, 0) is 16.1 Å². The van der Waals surface area contributed by atoms with E-state index in [9.17, 15) is 4.79 Å². The summed E-state index contributed by atoms with van der Waals surface area (Å²) in [6.45, 7) is 7.16. The molecule has 0 N–H and O–H groups in total. The molecule has 5 heteroatoms. The van der Waals surface area contributed by atoms with Crippen LogP contribution in [0, 0.1) is 11.3 Å². The molecule has 132 valence electrons. The van der Waals surface area contributed by atoms with Gasteiger partial charge in [0.25, 0.3) is 0 Å². The average Bonchev–Trinajstić information content (AvgIpc) is 2.91. The van der Waals surface area contributed by atoms with Gasteiger partial charge in [0, 0.05) is 44.6 Å². The van der Waals surface area contributed by atoms with Gasteiger partial charge in [-0.05, 0) is 43.0 Å². The van der Waals surface area contributed by atoms with Crippen molar-refractivity contribution in [1.29, 1.82) is 0 Å². The van der Waals surface area contributed by atoms with Crippen molar-refractivity contribution in [3.63, 3.8) is 0 Å². The first kappa shape index (κ1) is 17.7. The van der Waals surface area contributed by atoms with Crippen molar-refractivity contribution in [2.75, 3.05) is 39.9 Å². The van der Waals surface area contributed by atoms with E-state index in [1.165, 1.54) is 5.56 Å². The van der Waals surface area contributed by atoms with Crippen molar-refractivity contribution < 1.29 is 9.53 Å². The van der Waals surface area contributed by atoms with Crippen molar-refractivity contribution in [1.82, 2.24) is 9.80 Å². The van der Waals surface area contributed by atoms with Gasteiger partial charge in [-0.15, -0.1) is 0 Å². The Bertz CT molecular complexity index is 584. The highest BCUT2D eigenvalue weighted by Gasteiger charge is 2.48. The van der Waals surface area contributed by atoms with Crippen molar-refractivity contribution in [3.05, 3.63) is 34.9 Å². The number of halogens is 1. The molecule has 3 rings (SSSR count). The minimum absolute atomic E-state index is 0.187. The Hall–Kier alpha value is -1.10. The van der Waals surface area contributed by atoms with Crippen molar-refractivity contribution >= 4 is 17.5 Å². The molecule has 0 saturated carbocycles. The lowest BCUT2D eigenvalue weighted by Crippen LogP contribution is -2.45. The predicted octanol–water partition coefficient (Wildman–Crippen LogP) is 3.05. The Morgan fingerprint density at radius 3 is 2.67 bits per heavy atom. The summed E-state index contributed by atoms with van der Waals surface area (Å²) in [5.41, 5.74) is 1.42. The molecule has 1 aromatic carbocycles. The van der Waals surface area contributed by atoms with Gasteiger partial charge in [-0.3, -0.25) is 9.69 Å². The van der Waals surface area contributed by atoms with E-state index in [0.29, 0.717) is 5.92 Å². The van der Waals surface area contributed by atoms with Gasteiger partial charge in [-0.25, -0.2) is 0 Å². The van der Waals surface area contributed by atoms with E-state index in [2.05, 4.69) is 11.0 Å². The van der Waals surface area contributed by atoms with E-state index in [0.717, 1.165) is 57.2 Å². The summed E-state index contributed by atoms with van der Waals surface area (Å²) in [4.78, 5) is 16.3. The monoisotopic (exact) mass is 350 g/mol. The molecule has 2 heterocycles. The van der Waals surface area contributed by atoms with Gasteiger partial charge in [0.15, 0.2) is 0 Å². The van der Waals surface area contributed by atoms with Gasteiger partial charge in [0.1, 0.15) is 0 Å². The number of nitrogens with zero attached hydrogens (tertiary/aromatic N) is 2. The molecule has 1 spiro atoms. The first-order valence-corrected chi connectivity index (χ1v) is 9.12. The lowest BCUT2D eigenvalue weighted by atomic mass is 9.71. The van der Waals surface area contributed by atoms with Gasteiger partial charge in [-0.2, -0.15) is 0 Å². The van der Waals surface area contributed by atoms with E-state index < -0.39 is 0 Å². The highest BCUT2D eigenvalue weighted by molar-refractivity contribution is 6.31. The van der Waals surface area contributed by atoms with Crippen molar-refractivity contribution in [2.45, 2.75) is 26.3 Å². The van der Waals surface area contributed by atoms with Crippen LogP contribution < -0.4 is 0 Å². The standard InChI is InChI=1S/C19H27ClN2O2/c1-15(23)22-12-17(13-24-2)19(14-22)7-9-21(10-8-19)11-16-5-3-4-6-18(16)20/h3-6,17H,7-14H2,1-2H3. The topological polar surface area (TPSA) is 32.8 Å². The maximum atomic E-state index is 11.8. The third-order valence-corrected chi connectivity index (χ3v) is 6.20. The van der Waals surface area contributed by atoms with Crippen molar-refractivity contribution in [2.24, 2.45) is 11.3 Å². The molecule has 1 unspecified atom stereocenters. The molecule has 0 aliphatic carbocycles. The fourth-order valence-corrected chi connectivity index (χ4v) is 4.49. The molecule has 1 amide bonds. The zero-order valence-electron chi connectivity index (χ0n) is 14.6. The van der Waals surface area contributed by atoms with Crippen LogP contribution in [0.3, 0.4) is 0 Å². The Balaban J connectivity index is 1.64. The first-order valence-electron chi connectivity index (χ1n) is 8.74. The Morgan fingerprint density at radius 2 is 2.04 bits per heavy atom. The molecule has 0 aromatic heterocycles. The van der Waals surface area contributed by atoms with Crippen LogP contribution in [0.2, 0.25) is 5.02 Å². The molecule has 24 heavy (non-hydrogen) atoms. The number of hydrogen-bond donors (Lipinski definition) is 0. The van der Waals surface area contributed by atoms with Crippen LogP contribution in [-0.4, -0.2) is 55.6 Å². The molecule has 0 radical (unpaired) electrons. The number of carbonyl (C=O) groups excluding carboxylic acids is 1. The van der Waals surface area contributed by atoms with Crippen molar-refractivity contribution in [3.8, 4) is 0 Å². The number of rotatable bonds is 4. The number of likely N-dealkylation sites (tertiary alicyclic amines) is 2. The number of piperidine rings is 1. The van der Waals surface area contributed by atoms with Crippen LogP contribution >= 0.6 is 11.6 Å². The zero-order chi connectivity index (χ0) is 17.2. The number of hydrogen-bond acceptors (Lipinski definition) is 3. The maximum Gasteiger partial charge on any atom is 0.219 e. The molecule has 1 aromatic rings. The van der Waals surface area contributed by atoms with Crippen LogP contribution in [0.15, 0.2) is 24.3 Å². The molecule has 2 aliphatic rings. The zero-order valence-corrected chi connectivity index (χ0v) is 15.4. The lowest BCUT2D eigenvalue weighted by Gasteiger charge is -2.42. The van der Waals surface area contributed by atoms with Gasteiger partial charge in [0.2, 0.25) is 5.91 Å². The van der Waals surface area contributed by atoms with E-state index in [4.69, 9.17) is 16.3 Å². The number of amides is 1. The lowest BCUT2D eigenvalue weighted by molar-refractivity contribution is -0.128. The average molecular weight is 351 g/mol. The largest absolute Gasteiger partial charge is 0.384 e. The highest BCUT2D eigenvalue weighted by atomic mass is 35.5. The highest BCUT2D eigenvalue weighted by Crippen LogP contribution is 2.45. The summed E-state index contributed by atoms with van der Waals surface area (Å²) in [6.07, 6.45) is 2.24. The SMILES string of the molecule is COCC1CN(C(C)=O)CC12CCN(Cc1ccccc1Cl)CC2. The van der Waals surface area contributed by atoms with E-state index in [1.807, 2.05) is 23.1 Å². The fourth-order valence-electron chi connectivity index (χ4n) is 4.29. The Kier molecular flexibility index (Phi) is 5.48. The number of methoxy groups -OCH3 is 1.